The summed E-state index contributed by atoms with van der Waals surface area (Å²) < 4.78 is 9.00. The van der Waals surface area contributed by atoms with E-state index in [-0.39, 0.29) is 17.0 Å². The van der Waals surface area contributed by atoms with Crippen molar-refractivity contribution in [1.29, 1.82) is 0 Å². The molecule has 31 heavy (non-hydrogen) atoms. The molecule has 1 heterocycles. The largest absolute Gasteiger partial charge is 0.436 e. The minimum Gasteiger partial charge on any atom is -0.436 e. The predicted octanol–water partition coefficient (Wildman–Crippen LogP) is 5.51. The number of nitrogens with one attached hydrogen (secondary N) is 1. The lowest BCUT2D eigenvalue weighted by Crippen LogP contribution is -2.21. The molecule has 3 aromatic rings. The van der Waals surface area contributed by atoms with Crippen molar-refractivity contribution in [3.05, 3.63) is 70.7 Å². The van der Waals surface area contributed by atoms with E-state index in [1.807, 2.05) is 65.8 Å². The van der Waals surface area contributed by atoms with Crippen LogP contribution in [0.4, 0.5) is 5.69 Å². The number of benzene rings is 2. The number of ether oxygens (including phenoxy) is 1. The molecule has 0 radical (unpaired) electrons. The van der Waals surface area contributed by atoms with Gasteiger partial charge in [-0.25, -0.2) is 9.97 Å². The van der Waals surface area contributed by atoms with Crippen LogP contribution in [0.2, 0.25) is 0 Å². The molecule has 0 saturated heterocycles. The summed E-state index contributed by atoms with van der Waals surface area (Å²) in [5.41, 5.74) is 10.2. The van der Waals surface area contributed by atoms with Crippen molar-refractivity contribution < 1.29 is 9.53 Å². The van der Waals surface area contributed by atoms with Gasteiger partial charge >= 0.3 is 0 Å². The molecule has 1 amide bonds. The van der Waals surface area contributed by atoms with Crippen LogP contribution in [0.5, 0.6) is 11.6 Å². The van der Waals surface area contributed by atoms with Crippen LogP contribution in [0.15, 0.2) is 47.5 Å². The molecule has 7 heteroatoms. The van der Waals surface area contributed by atoms with E-state index >= 15 is 0 Å². The quantitative estimate of drug-likeness (QED) is 0.405. The summed E-state index contributed by atoms with van der Waals surface area (Å²) in [5.74, 6) is 0.481. The van der Waals surface area contributed by atoms with Crippen LogP contribution in [0.1, 0.15) is 53.6 Å². The average molecular weight is 437 g/mol. The van der Waals surface area contributed by atoms with Gasteiger partial charge < -0.3 is 10.5 Å². The summed E-state index contributed by atoms with van der Waals surface area (Å²) in [6.07, 6.45) is 1.63. The predicted molar refractivity (Wildman–Crippen MR) is 126 cm³/mol. The van der Waals surface area contributed by atoms with Crippen molar-refractivity contribution in [2.24, 2.45) is 0 Å². The summed E-state index contributed by atoms with van der Waals surface area (Å²) in [5, 5.41) is 0. The molecule has 6 nitrogen and oxygen atoms in total. The number of nitrogens with zero attached hydrogens (tertiary/aromatic N) is 2. The molecule has 0 spiro atoms. The Hall–Kier alpha value is -3.06. The van der Waals surface area contributed by atoms with Gasteiger partial charge in [0, 0.05) is 16.0 Å². The van der Waals surface area contributed by atoms with Crippen molar-refractivity contribution in [3.63, 3.8) is 0 Å². The number of hydrogen-bond acceptors (Lipinski definition) is 6. The molecular formula is C24H28N4O2S. The van der Waals surface area contributed by atoms with E-state index in [2.05, 4.69) is 14.7 Å². The fraction of sp³-hybridized carbons (Fsp3) is 0.292. The maximum atomic E-state index is 13.0. The average Bonchev–Trinajstić information content (AvgIpc) is 2.68. The molecule has 0 aliphatic heterocycles. The highest BCUT2D eigenvalue weighted by Crippen LogP contribution is 2.32. The first-order valence-electron chi connectivity index (χ1n) is 10.0. The Morgan fingerprint density at radius 1 is 1.10 bits per heavy atom. The number of amides is 1. The fourth-order valence-electron chi connectivity index (χ4n) is 3.12. The van der Waals surface area contributed by atoms with Gasteiger partial charge in [-0.15, -0.1) is 0 Å². The van der Waals surface area contributed by atoms with Gasteiger partial charge in [0.2, 0.25) is 0 Å². The number of anilines is 1. The highest BCUT2D eigenvalue weighted by Gasteiger charge is 2.24. The number of carbonyl (C=O) groups is 1. The SMILES string of the molecule is Cc1cc(C)c(Oc2nc(C(C)(C)C)cnc2C(=O)NSc2cccc(N)c2)c(C)c1. The third-order valence-electron chi connectivity index (χ3n) is 4.65. The van der Waals surface area contributed by atoms with Crippen molar-refractivity contribution >= 4 is 23.5 Å². The Labute approximate surface area is 187 Å². The van der Waals surface area contributed by atoms with Crippen LogP contribution >= 0.6 is 11.9 Å². The second kappa shape index (κ2) is 8.98. The van der Waals surface area contributed by atoms with E-state index in [1.54, 1.807) is 18.3 Å². The number of hydrogen-bond donors (Lipinski definition) is 2. The van der Waals surface area contributed by atoms with Crippen LogP contribution in [0.25, 0.3) is 0 Å². The zero-order valence-corrected chi connectivity index (χ0v) is 19.6. The van der Waals surface area contributed by atoms with Gasteiger partial charge in [0.25, 0.3) is 11.8 Å². The zero-order valence-electron chi connectivity index (χ0n) is 18.7. The fourth-order valence-corrected chi connectivity index (χ4v) is 3.77. The summed E-state index contributed by atoms with van der Waals surface area (Å²) in [4.78, 5) is 22.8. The van der Waals surface area contributed by atoms with E-state index in [1.165, 1.54) is 11.9 Å². The standard InChI is InChI=1S/C24H28N4O2S/c1-14-10-15(2)21(16(3)11-14)30-23-20(26-13-19(27-23)24(4,5)6)22(29)28-31-18-9-7-8-17(25)12-18/h7-13H,25H2,1-6H3,(H,28,29). The molecule has 3 N–H and O–H groups in total. The highest BCUT2D eigenvalue weighted by atomic mass is 32.2. The molecule has 0 bridgehead atoms. The van der Waals surface area contributed by atoms with Crippen LogP contribution in [-0.4, -0.2) is 15.9 Å². The van der Waals surface area contributed by atoms with Crippen molar-refractivity contribution in [2.75, 3.05) is 5.73 Å². The van der Waals surface area contributed by atoms with E-state index in [0.717, 1.165) is 27.3 Å². The van der Waals surface area contributed by atoms with E-state index < -0.39 is 5.91 Å². The van der Waals surface area contributed by atoms with Crippen molar-refractivity contribution in [2.45, 2.75) is 51.9 Å². The lowest BCUT2D eigenvalue weighted by atomic mass is 9.93. The molecule has 0 unspecified atom stereocenters. The zero-order chi connectivity index (χ0) is 22.8. The van der Waals surface area contributed by atoms with Gasteiger partial charge in [0.15, 0.2) is 5.69 Å². The smallest absolute Gasteiger partial charge is 0.285 e. The third kappa shape index (κ3) is 5.55. The number of rotatable bonds is 5. The molecule has 2 aromatic carbocycles. The van der Waals surface area contributed by atoms with Gasteiger partial charge in [0.05, 0.1) is 11.9 Å². The molecular weight excluding hydrogens is 408 g/mol. The van der Waals surface area contributed by atoms with Gasteiger partial charge in [0.1, 0.15) is 5.75 Å². The Morgan fingerprint density at radius 2 is 1.77 bits per heavy atom. The van der Waals surface area contributed by atoms with Crippen LogP contribution in [0.3, 0.4) is 0 Å². The molecule has 0 saturated carbocycles. The molecule has 3 rings (SSSR count). The molecule has 1 aromatic heterocycles. The molecule has 162 valence electrons. The summed E-state index contributed by atoms with van der Waals surface area (Å²) in [6, 6.07) is 11.4. The molecule has 0 aliphatic rings. The second-order valence-corrected chi connectivity index (χ2v) is 9.47. The van der Waals surface area contributed by atoms with Gasteiger partial charge in [-0.3, -0.25) is 9.52 Å². The summed E-state index contributed by atoms with van der Waals surface area (Å²) >= 11 is 1.17. The van der Waals surface area contributed by atoms with Crippen LogP contribution < -0.4 is 15.2 Å². The Bertz CT molecular complexity index is 1100. The molecule has 0 aliphatic carbocycles. The van der Waals surface area contributed by atoms with E-state index in [9.17, 15) is 4.79 Å². The van der Waals surface area contributed by atoms with Crippen molar-refractivity contribution in [1.82, 2.24) is 14.7 Å². The van der Waals surface area contributed by atoms with E-state index in [0.29, 0.717) is 11.4 Å². The van der Waals surface area contributed by atoms with E-state index in [4.69, 9.17) is 10.5 Å². The highest BCUT2D eigenvalue weighted by molar-refractivity contribution is 7.98. The number of nitrogen functional groups attached to an aromatic ring is 1. The first kappa shape index (κ1) is 22.6. The summed E-state index contributed by atoms with van der Waals surface area (Å²) in [7, 11) is 0. The summed E-state index contributed by atoms with van der Waals surface area (Å²) in [6.45, 7) is 12.1. The lowest BCUT2D eigenvalue weighted by Gasteiger charge is -2.20. The molecule has 0 atom stereocenters. The Kier molecular flexibility index (Phi) is 6.55. The van der Waals surface area contributed by atoms with Crippen molar-refractivity contribution in [3.8, 4) is 11.6 Å². The third-order valence-corrected chi connectivity index (χ3v) is 5.42. The van der Waals surface area contributed by atoms with Gasteiger partial charge in [-0.1, -0.05) is 44.5 Å². The van der Waals surface area contributed by atoms with Gasteiger partial charge in [-0.05, 0) is 62.0 Å². The minimum atomic E-state index is -0.391. The minimum absolute atomic E-state index is 0.128. The second-order valence-electron chi connectivity index (χ2n) is 8.59. The number of carbonyl (C=O) groups excluding carboxylic acids is 1. The normalized spacial score (nSPS) is 11.3. The lowest BCUT2D eigenvalue weighted by molar-refractivity contribution is 0.0976. The molecule has 0 fully saturated rings. The first-order chi connectivity index (χ1) is 14.5. The first-order valence-corrected chi connectivity index (χ1v) is 10.8. The van der Waals surface area contributed by atoms with Gasteiger partial charge in [-0.2, -0.15) is 0 Å². The number of nitrogens with two attached hydrogens (primary N) is 1. The Balaban J connectivity index is 1.95. The topological polar surface area (TPSA) is 90.1 Å². The number of aryl methyl sites for hydroxylation is 3. The number of aromatic nitrogens is 2. The maximum absolute atomic E-state index is 13.0. The Morgan fingerprint density at radius 3 is 2.39 bits per heavy atom. The van der Waals surface area contributed by atoms with Crippen LogP contribution in [0, 0.1) is 20.8 Å². The monoisotopic (exact) mass is 436 g/mol. The van der Waals surface area contributed by atoms with Crippen LogP contribution in [-0.2, 0) is 5.41 Å². The maximum Gasteiger partial charge on any atom is 0.285 e.